The minimum absolute atomic E-state index is 0.185. The Morgan fingerprint density at radius 1 is 0.150 bits per heavy atom. The number of hydrogen-bond donors (Lipinski definition) is 32. The van der Waals surface area contributed by atoms with Crippen LogP contribution in [0.3, 0.4) is 0 Å². The van der Waals surface area contributed by atoms with Gasteiger partial charge in [0.1, 0.15) is 195 Å². The van der Waals surface area contributed by atoms with Gasteiger partial charge in [-0.2, -0.15) is 0 Å². The molecule has 0 aromatic carbocycles. The molecule has 0 aromatic rings. The smallest absolute Gasteiger partial charge is 0.187 e. The van der Waals surface area contributed by atoms with Crippen molar-refractivity contribution in [3.05, 3.63) is 0 Å². The maximum absolute atomic E-state index is 12.3. The second-order valence-electron chi connectivity index (χ2n) is 31.8. The van der Waals surface area contributed by atoms with Gasteiger partial charge in [-0.25, -0.2) is 0 Å². The minimum atomic E-state index is -2.09. The van der Waals surface area contributed by atoms with E-state index >= 15 is 0 Å². The summed E-state index contributed by atoms with van der Waals surface area (Å²) in [6.07, 6.45) is -68.7. The highest BCUT2D eigenvalue weighted by Gasteiger charge is 2.61. The van der Waals surface area contributed by atoms with E-state index < -0.39 is 246 Å². The quantitative estimate of drug-likeness (QED) is 0.0253. The van der Waals surface area contributed by atoms with Crippen molar-refractivity contribution in [1.82, 2.24) is 42.5 Å². The van der Waals surface area contributed by atoms with Gasteiger partial charge in [-0.1, -0.05) is 0 Å². The first-order chi connectivity index (χ1) is 57.9. The zero-order chi connectivity index (χ0) is 86.7. The lowest BCUT2D eigenvalue weighted by Gasteiger charge is -2.51. The Balaban J connectivity index is 1.09. The van der Waals surface area contributed by atoms with Gasteiger partial charge in [-0.15, -0.1) is 0 Å². The van der Waals surface area contributed by atoms with Gasteiger partial charge < -0.3 is 246 Å². The summed E-state index contributed by atoms with van der Waals surface area (Å²) in [5.41, 5.74) is 46.9. The molecule has 0 aromatic heterocycles. The molecular formula is C72H144N16O32. The predicted octanol–water partition coefficient (Wildman–Crippen LogP) is -17.8. The van der Waals surface area contributed by atoms with E-state index in [0.29, 0.717) is 51.4 Å². The van der Waals surface area contributed by atoms with E-state index in [1.807, 2.05) is 0 Å². The maximum atomic E-state index is 12.3. The fraction of sp³-hybridized carbons (Fsp3) is 1.00. The van der Waals surface area contributed by atoms with Gasteiger partial charge in [0, 0.05) is 52.4 Å². The van der Waals surface area contributed by atoms with Crippen molar-refractivity contribution >= 4 is 0 Å². The SMILES string of the molecule is NCCCNC[C@H]1O[C@@H]2O[C@H]3[C@H](O)[C@@H](O)[C@@H](O[C@H]4[C@H](O)[C@@H](O)[C@@H](O[C@H]5[C@H](O)[C@@H](O)[C@@H](O[C@H]6[C@H](O)[C@@H](O)[C@@H](O[C@H]7[C@H](O)[C@@H](O)[C@@H](O[C@H]8[C@H](O)[C@@H](O)[C@@H](O[C@H]9[C@H](O)[C@@H](O)[C@@H](O[C@H]1[C@H](O)[C@H]2O)O[C@@H]9CNCCCN)O[C@@H]8CNCCCN)O[C@@H]7CNCCCN)O[C@@H]6CNCCCN)O[C@@H]5CNCCCN)O[C@@H]4CNCCCN)O[C@@H]3CNCCCN. The van der Waals surface area contributed by atoms with Crippen LogP contribution in [0, 0.1) is 0 Å². The second-order valence-corrected chi connectivity index (χ2v) is 31.8. The summed E-state index contributed by atoms with van der Waals surface area (Å²) in [4.78, 5) is 0. The molecule has 0 spiro atoms. The van der Waals surface area contributed by atoms with Crippen LogP contribution in [-0.4, -0.2) is 484 Å². The van der Waals surface area contributed by atoms with Crippen molar-refractivity contribution in [2.45, 2.75) is 297 Å². The summed E-state index contributed by atoms with van der Waals surface area (Å²) in [5.74, 6) is 0. The molecule has 40 atom stereocenters. The summed E-state index contributed by atoms with van der Waals surface area (Å²) in [6, 6.07) is 0. The van der Waals surface area contributed by atoms with E-state index in [4.69, 9.17) is 122 Å². The van der Waals surface area contributed by atoms with E-state index in [9.17, 15) is 81.7 Å². The molecule has 30 aliphatic rings. The molecule has 30 aliphatic heterocycles. The van der Waals surface area contributed by atoms with Crippen LogP contribution < -0.4 is 88.4 Å². The van der Waals surface area contributed by atoms with Crippen molar-refractivity contribution in [1.29, 1.82) is 0 Å². The van der Waals surface area contributed by atoms with E-state index in [1.165, 1.54) is 0 Å². The number of ether oxygens (including phenoxy) is 16. The molecular weight excluding hydrogens is 1600 g/mol. The van der Waals surface area contributed by atoms with E-state index in [-0.39, 0.29) is 157 Å². The average Bonchev–Trinajstić information content (AvgIpc) is 0.772. The van der Waals surface area contributed by atoms with Crippen LogP contribution in [0.4, 0.5) is 0 Å². The highest BCUT2D eigenvalue weighted by molar-refractivity contribution is 5.04. The number of aliphatic hydroxyl groups excluding tert-OH is 16. The standard InChI is InChI=1S/C72H144N16O32/c73-9-1-17-81-25-33-57-41(89)49(97)65(105-33)114-58-34(26-82-18-2-10-74)107-67(51(99)43(58)91)116-60-36(28-84-20-4-12-76)109-69(53(101)45(60)93)118-62-38(30-86-22-6-14-78)111-71(55(103)47(62)95)120-64-40(32-88-24-8-16-80)112-72(56(104)48(64)96)119-63-39(31-87-23-7-15-79)110-70(54(102)46(63)94)117-61-37(29-85-21-5-13-77)108-68(52(100)44(61)92)115-59-35(27-83-19-3-11-75)106-66(113-57)50(98)42(59)90/h33-72,81-104H,1-32,73-80H2/t33-,34-,35-,36-,37-,38-,39-,40-,41-,42-,43-,44-,45-,46-,47-,48-,49-,50-,51-,52-,53-,54-,55-,56-,57-,58-,59-,60-,61-,62-,63-,64-,65-,66-,67-,68-,69-,70-,71-,72-/m1/s1. The lowest BCUT2D eigenvalue weighted by molar-refractivity contribution is -0.399. The third kappa shape index (κ3) is 27.1. The highest BCUT2D eigenvalue weighted by Crippen LogP contribution is 2.40. The first kappa shape index (κ1) is 102. The number of rotatable bonds is 40. The Kier molecular flexibility index (Phi) is 44.2. The summed E-state index contributed by atoms with van der Waals surface area (Å²) in [6.45, 7) is 2.81. The fourth-order valence-electron chi connectivity index (χ4n) is 15.8. The Morgan fingerprint density at radius 2 is 0.250 bits per heavy atom. The lowest BCUT2D eigenvalue weighted by atomic mass is 9.94. The van der Waals surface area contributed by atoms with E-state index in [2.05, 4.69) is 42.5 Å². The molecule has 120 heavy (non-hydrogen) atoms. The minimum Gasteiger partial charge on any atom is -0.387 e. The van der Waals surface area contributed by atoms with Crippen LogP contribution in [-0.2, 0) is 75.8 Å². The van der Waals surface area contributed by atoms with Gasteiger partial charge in [-0.05, 0) is 156 Å². The molecule has 48 heteroatoms. The molecule has 30 fully saturated rings. The zero-order valence-corrected chi connectivity index (χ0v) is 68.0. The highest BCUT2D eigenvalue weighted by atomic mass is 16.8. The van der Waals surface area contributed by atoms with Crippen LogP contribution in [0.15, 0.2) is 0 Å². The molecule has 0 radical (unpaired) electrons. The number of nitrogens with one attached hydrogen (secondary N) is 8. The Morgan fingerprint density at radius 3 is 0.342 bits per heavy atom. The van der Waals surface area contributed by atoms with Crippen LogP contribution in [0.1, 0.15) is 51.4 Å². The predicted molar refractivity (Wildman–Crippen MR) is 417 cm³/mol. The number of nitrogens with two attached hydrogens (primary N) is 8. The summed E-state index contributed by atoms with van der Waals surface area (Å²) < 4.78 is 103. The van der Waals surface area contributed by atoms with Gasteiger partial charge >= 0.3 is 0 Å². The molecule has 704 valence electrons. The Bertz CT molecular complexity index is 2260. The maximum Gasteiger partial charge on any atom is 0.187 e. The van der Waals surface area contributed by atoms with Crippen LogP contribution in [0.2, 0.25) is 0 Å². The Labute approximate surface area is 697 Å². The van der Waals surface area contributed by atoms with Gasteiger partial charge in [0.25, 0.3) is 0 Å². The van der Waals surface area contributed by atoms with Crippen molar-refractivity contribution < 1.29 is 157 Å². The first-order valence-corrected chi connectivity index (χ1v) is 42.5. The van der Waals surface area contributed by atoms with E-state index in [1.54, 1.807) is 0 Å². The third-order valence-corrected chi connectivity index (χ3v) is 22.7. The van der Waals surface area contributed by atoms with Gasteiger partial charge in [0.05, 0.1) is 0 Å². The average molecular weight is 1750 g/mol. The van der Waals surface area contributed by atoms with Crippen LogP contribution >= 0.6 is 0 Å². The normalized spacial score (nSPS) is 43.8. The van der Waals surface area contributed by atoms with Crippen LogP contribution in [0.25, 0.3) is 0 Å². The monoisotopic (exact) mass is 1750 g/mol. The first-order valence-electron chi connectivity index (χ1n) is 42.5. The van der Waals surface area contributed by atoms with E-state index in [0.717, 1.165) is 0 Å². The number of aliphatic hydroxyl groups is 16. The molecule has 30 heterocycles. The van der Waals surface area contributed by atoms with Gasteiger partial charge in [0.15, 0.2) is 50.3 Å². The topological polar surface area (TPSA) is 776 Å². The lowest BCUT2D eigenvalue weighted by Crippen LogP contribution is -2.70. The second kappa shape index (κ2) is 52.1. The third-order valence-electron chi connectivity index (χ3n) is 22.7. The molecule has 0 aliphatic carbocycles. The summed E-state index contributed by atoms with van der Waals surface area (Å²) in [5, 5.41) is 221. The summed E-state index contributed by atoms with van der Waals surface area (Å²) in [7, 11) is 0. The molecule has 40 N–H and O–H groups in total. The molecule has 48 nitrogen and oxygen atoms in total. The molecule has 0 saturated carbocycles. The molecule has 30 saturated heterocycles. The Hall–Kier alpha value is -1.92. The molecule has 0 amide bonds. The number of hydrogen-bond acceptors (Lipinski definition) is 48. The zero-order valence-electron chi connectivity index (χ0n) is 68.0. The molecule has 16 bridgehead atoms. The van der Waals surface area contributed by atoms with Crippen molar-refractivity contribution in [2.24, 2.45) is 45.9 Å². The van der Waals surface area contributed by atoms with Crippen LogP contribution in [0.5, 0.6) is 0 Å². The summed E-state index contributed by atoms with van der Waals surface area (Å²) >= 11 is 0. The van der Waals surface area contributed by atoms with Gasteiger partial charge in [0.2, 0.25) is 0 Å². The van der Waals surface area contributed by atoms with Gasteiger partial charge in [-0.3, -0.25) is 0 Å². The van der Waals surface area contributed by atoms with Crippen molar-refractivity contribution in [3.8, 4) is 0 Å². The van der Waals surface area contributed by atoms with Crippen molar-refractivity contribution in [3.63, 3.8) is 0 Å². The fourth-order valence-corrected chi connectivity index (χ4v) is 15.8. The molecule has 0 unspecified atom stereocenters. The molecule has 30 rings (SSSR count). The largest absolute Gasteiger partial charge is 0.387 e. The van der Waals surface area contributed by atoms with Crippen molar-refractivity contribution in [2.75, 3.05) is 157 Å².